The number of benzene rings is 2. The Morgan fingerprint density at radius 3 is 2.47 bits per heavy atom. The number of aryl methyl sites for hydroxylation is 2. The molecular formula is C25H25NO4. The number of nitrogens with one attached hydrogen (secondary N) is 1. The van der Waals surface area contributed by atoms with Crippen molar-refractivity contribution in [2.75, 3.05) is 0 Å². The van der Waals surface area contributed by atoms with Crippen molar-refractivity contribution >= 4 is 17.8 Å². The van der Waals surface area contributed by atoms with E-state index >= 15 is 0 Å². The van der Waals surface area contributed by atoms with Crippen molar-refractivity contribution in [1.82, 2.24) is 5.32 Å². The van der Waals surface area contributed by atoms with Gasteiger partial charge in [0, 0.05) is 0 Å². The smallest absolute Gasteiger partial charge is 0.310 e. The summed E-state index contributed by atoms with van der Waals surface area (Å²) in [6.45, 7) is 7.71. The molecule has 0 saturated carbocycles. The second-order valence-electron chi connectivity index (χ2n) is 7.22. The van der Waals surface area contributed by atoms with Gasteiger partial charge >= 0.3 is 5.97 Å². The summed E-state index contributed by atoms with van der Waals surface area (Å²) in [4.78, 5) is 36.2. The SMILES string of the molecule is C=CCCc1ccc(COC(=O)Cc2cccc3c2C(=O)NC3=O)c(CCC=C)c1. The molecule has 154 valence electrons. The first-order chi connectivity index (χ1) is 14.5. The zero-order valence-corrected chi connectivity index (χ0v) is 16.9. The van der Waals surface area contributed by atoms with Crippen LogP contribution in [0.1, 0.15) is 55.8 Å². The molecule has 2 aromatic rings. The van der Waals surface area contributed by atoms with E-state index in [0.29, 0.717) is 11.1 Å². The second kappa shape index (κ2) is 9.83. The van der Waals surface area contributed by atoms with Crippen LogP contribution >= 0.6 is 0 Å². The van der Waals surface area contributed by atoms with Crippen LogP contribution < -0.4 is 5.32 Å². The molecule has 1 aliphatic heterocycles. The van der Waals surface area contributed by atoms with Crippen LogP contribution in [-0.2, 0) is 35.4 Å². The summed E-state index contributed by atoms with van der Waals surface area (Å²) in [6, 6.07) is 11.1. The molecule has 2 amide bonds. The molecule has 0 bridgehead atoms. The Hall–Kier alpha value is -3.47. The lowest BCUT2D eigenvalue weighted by Gasteiger charge is -2.12. The molecule has 5 nitrogen and oxygen atoms in total. The molecule has 0 aliphatic carbocycles. The van der Waals surface area contributed by atoms with Crippen molar-refractivity contribution in [3.05, 3.63) is 95.1 Å². The molecule has 0 unspecified atom stereocenters. The summed E-state index contributed by atoms with van der Waals surface area (Å²) >= 11 is 0. The zero-order chi connectivity index (χ0) is 21.5. The normalized spacial score (nSPS) is 12.3. The number of hydrogen-bond donors (Lipinski definition) is 1. The summed E-state index contributed by atoms with van der Waals surface area (Å²) in [5.74, 6) is -1.35. The Bertz CT molecular complexity index is 1010. The first kappa shape index (κ1) is 21.2. The van der Waals surface area contributed by atoms with Crippen LogP contribution in [0.5, 0.6) is 0 Å². The van der Waals surface area contributed by atoms with Gasteiger partial charge in [0.1, 0.15) is 6.61 Å². The molecule has 0 fully saturated rings. The Kier molecular flexibility index (Phi) is 6.96. The summed E-state index contributed by atoms with van der Waals surface area (Å²) in [5.41, 5.74) is 4.37. The molecule has 0 radical (unpaired) electrons. The number of imide groups is 1. The lowest BCUT2D eigenvalue weighted by Crippen LogP contribution is -2.20. The Balaban J connectivity index is 1.69. The maximum atomic E-state index is 12.4. The highest BCUT2D eigenvalue weighted by Crippen LogP contribution is 2.22. The monoisotopic (exact) mass is 403 g/mol. The lowest BCUT2D eigenvalue weighted by atomic mass is 9.98. The Morgan fingerprint density at radius 2 is 1.70 bits per heavy atom. The quantitative estimate of drug-likeness (QED) is 0.368. The zero-order valence-electron chi connectivity index (χ0n) is 16.9. The van der Waals surface area contributed by atoms with Gasteiger partial charge in [-0.25, -0.2) is 0 Å². The van der Waals surface area contributed by atoms with Crippen molar-refractivity contribution in [3.63, 3.8) is 0 Å². The lowest BCUT2D eigenvalue weighted by molar-refractivity contribution is -0.144. The van der Waals surface area contributed by atoms with Gasteiger partial charge in [0.25, 0.3) is 11.8 Å². The molecule has 5 heteroatoms. The largest absolute Gasteiger partial charge is 0.461 e. The highest BCUT2D eigenvalue weighted by atomic mass is 16.5. The number of allylic oxidation sites excluding steroid dienone is 2. The van der Waals surface area contributed by atoms with Gasteiger partial charge in [0.15, 0.2) is 0 Å². The van der Waals surface area contributed by atoms with E-state index in [2.05, 4.69) is 24.5 Å². The third kappa shape index (κ3) is 4.92. The van der Waals surface area contributed by atoms with E-state index in [4.69, 9.17) is 4.74 Å². The Labute approximate surface area is 176 Å². The predicted octanol–water partition coefficient (Wildman–Crippen LogP) is 4.09. The van der Waals surface area contributed by atoms with E-state index in [9.17, 15) is 14.4 Å². The van der Waals surface area contributed by atoms with Crippen LogP contribution in [0.3, 0.4) is 0 Å². The fraction of sp³-hybridized carbons (Fsp3) is 0.240. The van der Waals surface area contributed by atoms with Crippen molar-refractivity contribution in [2.24, 2.45) is 0 Å². The van der Waals surface area contributed by atoms with E-state index in [0.717, 1.165) is 36.8 Å². The number of fused-ring (bicyclic) bond motifs is 1. The average Bonchev–Trinajstić information content (AvgIpc) is 3.04. The van der Waals surface area contributed by atoms with Gasteiger partial charge in [-0.2, -0.15) is 0 Å². The fourth-order valence-electron chi connectivity index (χ4n) is 3.54. The minimum Gasteiger partial charge on any atom is -0.461 e. The number of esters is 1. The van der Waals surface area contributed by atoms with Crippen LogP contribution in [0.25, 0.3) is 0 Å². The molecule has 1 aliphatic rings. The summed E-state index contributed by atoms with van der Waals surface area (Å²) in [7, 11) is 0. The third-order valence-corrected chi connectivity index (χ3v) is 5.10. The highest BCUT2D eigenvalue weighted by Gasteiger charge is 2.29. The van der Waals surface area contributed by atoms with Gasteiger partial charge in [-0.3, -0.25) is 19.7 Å². The molecule has 3 rings (SSSR count). The number of carbonyl (C=O) groups excluding carboxylic acids is 3. The van der Waals surface area contributed by atoms with Gasteiger partial charge in [-0.05, 0) is 54.0 Å². The van der Waals surface area contributed by atoms with E-state index in [1.807, 2.05) is 24.3 Å². The van der Waals surface area contributed by atoms with E-state index in [1.54, 1.807) is 18.2 Å². The van der Waals surface area contributed by atoms with Crippen molar-refractivity contribution in [3.8, 4) is 0 Å². The summed E-state index contributed by atoms with van der Waals surface area (Å²) in [5, 5.41) is 2.26. The second-order valence-corrected chi connectivity index (χ2v) is 7.22. The molecule has 2 aromatic carbocycles. The summed E-state index contributed by atoms with van der Waals surface area (Å²) < 4.78 is 5.50. The predicted molar refractivity (Wildman–Crippen MR) is 115 cm³/mol. The van der Waals surface area contributed by atoms with Gasteiger partial charge < -0.3 is 4.74 Å². The third-order valence-electron chi connectivity index (χ3n) is 5.10. The van der Waals surface area contributed by atoms with E-state index in [-0.39, 0.29) is 18.6 Å². The van der Waals surface area contributed by atoms with Gasteiger partial charge in [-0.1, -0.05) is 42.5 Å². The van der Waals surface area contributed by atoms with Gasteiger partial charge in [-0.15, -0.1) is 13.2 Å². The van der Waals surface area contributed by atoms with Crippen molar-refractivity contribution in [2.45, 2.75) is 38.7 Å². The summed E-state index contributed by atoms with van der Waals surface area (Å²) in [6.07, 6.45) is 7.19. The van der Waals surface area contributed by atoms with Crippen LogP contribution in [0, 0.1) is 0 Å². The standard InChI is InChI=1S/C25H25NO4/c1-3-5-8-17-12-13-20(18(14-17)9-6-4-2)16-30-22(27)15-19-10-7-11-21-23(19)25(29)26-24(21)28/h3-4,7,10-14H,1-2,5-6,8-9,15-16H2,(H,26,28,29). The molecule has 1 N–H and O–H groups in total. The molecule has 30 heavy (non-hydrogen) atoms. The van der Waals surface area contributed by atoms with Crippen molar-refractivity contribution < 1.29 is 19.1 Å². The maximum Gasteiger partial charge on any atom is 0.310 e. The van der Waals surface area contributed by atoms with Crippen LogP contribution in [0.15, 0.2) is 61.7 Å². The number of carbonyl (C=O) groups is 3. The first-order valence-corrected chi connectivity index (χ1v) is 9.99. The average molecular weight is 403 g/mol. The molecule has 0 saturated heterocycles. The highest BCUT2D eigenvalue weighted by molar-refractivity contribution is 6.22. The van der Waals surface area contributed by atoms with Gasteiger partial charge in [0.2, 0.25) is 0 Å². The minimum absolute atomic E-state index is 0.0662. The topological polar surface area (TPSA) is 72.5 Å². The van der Waals surface area contributed by atoms with E-state index < -0.39 is 17.8 Å². The number of hydrogen-bond acceptors (Lipinski definition) is 4. The molecular weight excluding hydrogens is 378 g/mol. The van der Waals surface area contributed by atoms with E-state index in [1.165, 1.54) is 5.56 Å². The first-order valence-electron chi connectivity index (χ1n) is 9.99. The fourth-order valence-corrected chi connectivity index (χ4v) is 3.54. The molecule has 0 spiro atoms. The number of ether oxygens (including phenoxy) is 1. The minimum atomic E-state index is -0.472. The molecule has 0 aromatic heterocycles. The van der Waals surface area contributed by atoms with Crippen LogP contribution in [-0.4, -0.2) is 17.8 Å². The van der Waals surface area contributed by atoms with Crippen LogP contribution in [0.2, 0.25) is 0 Å². The number of rotatable bonds is 10. The van der Waals surface area contributed by atoms with Gasteiger partial charge in [0.05, 0.1) is 17.5 Å². The van der Waals surface area contributed by atoms with Crippen LogP contribution in [0.4, 0.5) is 0 Å². The number of amides is 2. The Morgan fingerprint density at radius 1 is 0.933 bits per heavy atom. The molecule has 0 atom stereocenters. The maximum absolute atomic E-state index is 12.4. The molecule has 1 heterocycles. The van der Waals surface area contributed by atoms with Crippen molar-refractivity contribution in [1.29, 1.82) is 0 Å².